The van der Waals surface area contributed by atoms with Crippen LogP contribution in [0.4, 0.5) is 0 Å². The summed E-state index contributed by atoms with van der Waals surface area (Å²) in [6.07, 6.45) is 3.66. The van der Waals surface area contributed by atoms with E-state index in [1.807, 2.05) is 20.8 Å². The molecule has 82 valence electrons. The van der Waals surface area contributed by atoms with Gasteiger partial charge in [0.05, 0.1) is 6.54 Å². The van der Waals surface area contributed by atoms with Gasteiger partial charge in [-0.25, -0.2) is 0 Å². The minimum atomic E-state index is -0.126. The Labute approximate surface area is 86.6 Å². The quantitative estimate of drug-likeness (QED) is 0.720. The summed E-state index contributed by atoms with van der Waals surface area (Å²) in [6, 6.07) is 0. The van der Waals surface area contributed by atoms with Crippen LogP contribution in [0.25, 0.3) is 0 Å². The first-order valence-corrected chi connectivity index (χ1v) is 5.37. The Morgan fingerprint density at radius 2 is 1.93 bits per heavy atom. The Bertz CT molecular complexity index is 214. The molecule has 1 aliphatic rings. The van der Waals surface area contributed by atoms with Gasteiger partial charge in [0.25, 0.3) is 0 Å². The lowest BCUT2D eigenvalue weighted by Crippen LogP contribution is -2.53. The summed E-state index contributed by atoms with van der Waals surface area (Å²) in [7, 11) is 0. The Morgan fingerprint density at radius 1 is 1.36 bits per heavy atom. The summed E-state index contributed by atoms with van der Waals surface area (Å²) in [5.41, 5.74) is 0.0918. The monoisotopic (exact) mass is 198 g/mol. The molecular weight excluding hydrogens is 176 g/mol. The van der Waals surface area contributed by atoms with Crippen LogP contribution in [0.3, 0.4) is 0 Å². The predicted octanol–water partition coefficient (Wildman–Crippen LogP) is 1.43. The standard InChI is InChI=1S/C11H22N2O/c1-10(2,3)13-9(14)8-12-11(4)6-5-7-11/h12H,5-8H2,1-4H3,(H,13,14). The van der Waals surface area contributed by atoms with E-state index in [0.29, 0.717) is 6.54 Å². The van der Waals surface area contributed by atoms with Crippen LogP contribution in [0.1, 0.15) is 47.0 Å². The topological polar surface area (TPSA) is 41.1 Å². The molecule has 0 aromatic carbocycles. The van der Waals surface area contributed by atoms with Crippen molar-refractivity contribution < 1.29 is 4.79 Å². The molecule has 0 atom stereocenters. The number of rotatable bonds is 3. The highest BCUT2D eigenvalue weighted by atomic mass is 16.2. The SMILES string of the molecule is CC(C)(C)NC(=O)CNC1(C)CCC1. The van der Waals surface area contributed by atoms with Gasteiger partial charge in [0.15, 0.2) is 0 Å². The molecule has 0 saturated heterocycles. The van der Waals surface area contributed by atoms with E-state index in [4.69, 9.17) is 0 Å². The van der Waals surface area contributed by atoms with Crippen LogP contribution in [-0.4, -0.2) is 23.5 Å². The first kappa shape index (κ1) is 11.5. The number of nitrogens with one attached hydrogen (secondary N) is 2. The number of hydrogen-bond acceptors (Lipinski definition) is 2. The maximum Gasteiger partial charge on any atom is 0.234 e. The van der Waals surface area contributed by atoms with Crippen molar-refractivity contribution in [2.24, 2.45) is 0 Å². The molecule has 1 aliphatic carbocycles. The van der Waals surface area contributed by atoms with E-state index in [0.717, 1.165) is 0 Å². The van der Waals surface area contributed by atoms with Gasteiger partial charge in [-0.3, -0.25) is 4.79 Å². The van der Waals surface area contributed by atoms with E-state index in [1.165, 1.54) is 19.3 Å². The molecule has 0 unspecified atom stereocenters. The van der Waals surface area contributed by atoms with Crippen LogP contribution in [0, 0.1) is 0 Å². The summed E-state index contributed by atoms with van der Waals surface area (Å²) in [4.78, 5) is 11.5. The second-order valence-electron chi connectivity index (χ2n) is 5.57. The van der Waals surface area contributed by atoms with Crippen LogP contribution in [0.15, 0.2) is 0 Å². The number of carbonyl (C=O) groups excluding carboxylic acids is 1. The van der Waals surface area contributed by atoms with E-state index in [2.05, 4.69) is 17.6 Å². The minimum absolute atomic E-state index is 0.0885. The Kier molecular flexibility index (Phi) is 3.20. The summed E-state index contributed by atoms with van der Waals surface area (Å²) >= 11 is 0. The lowest BCUT2D eigenvalue weighted by atomic mass is 9.78. The minimum Gasteiger partial charge on any atom is -0.350 e. The summed E-state index contributed by atoms with van der Waals surface area (Å²) in [5, 5.41) is 6.24. The molecule has 0 heterocycles. The molecule has 3 heteroatoms. The molecule has 0 aromatic rings. The molecule has 0 radical (unpaired) electrons. The van der Waals surface area contributed by atoms with Gasteiger partial charge in [0.2, 0.25) is 5.91 Å². The molecule has 0 aliphatic heterocycles. The fourth-order valence-electron chi connectivity index (χ4n) is 1.64. The van der Waals surface area contributed by atoms with Gasteiger partial charge in [-0.05, 0) is 47.0 Å². The number of amides is 1. The molecule has 14 heavy (non-hydrogen) atoms. The van der Waals surface area contributed by atoms with E-state index < -0.39 is 0 Å². The van der Waals surface area contributed by atoms with E-state index in [1.54, 1.807) is 0 Å². The fourth-order valence-corrected chi connectivity index (χ4v) is 1.64. The second-order valence-corrected chi connectivity index (χ2v) is 5.57. The summed E-state index contributed by atoms with van der Waals surface area (Å²) < 4.78 is 0. The van der Waals surface area contributed by atoms with Crippen molar-refractivity contribution in [1.29, 1.82) is 0 Å². The van der Waals surface area contributed by atoms with Gasteiger partial charge in [0.1, 0.15) is 0 Å². The van der Waals surface area contributed by atoms with Crippen LogP contribution in [0.5, 0.6) is 0 Å². The molecule has 1 saturated carbocycles. The molecule has 2 N–H and O–H groups in total. The predicted molar refractivity (Wildman–Crippen MR) is 58.2 cm³/mol. The lowest BCUT2D eigenvalue weighted by molar-refractivity contribution is -0.122. The molecule has 0 spiro atoms. The Balaban J connectivity index is 2.21. The van der Waals surface area contributed by atoms with E-state index in [-0.39, 0.29) is 17.0 Å². The van der Waals surface area contributed by atoms with Gasteiger partial charge in [-0.1, -0.05) is 0 Å². The summed E-state index contributed by atoms with van der Waals surface area (Å²) in [6.45, 7) is 8.61. The summed E-state index contributed by atoms with van der Waals surface area (Å²) in [5.74, 6) is 0.0885. The van der Waals surface area contributed by atoms with E-state index in [9.17, 15) is 4.79 Å². The third-order valence-corrected chi connectivity index (χ3v) is 2.65. The first-order chi connectivity index (χ1) is 6.31. The molecule has 1 fully saturated rings. The zero-order chi connectivity index (χ0) is 10.8. The van der Waals surface area contributed by atoms with Gasteiger partial charge < -0.3 is 10.6 Å². The van der Waals surface area contributed by atoms with Crippen molar-refractivity contribution in [3.05, 3.63) is 0 Å². The fraction of sp³-hybridized carbons (Fsp3) is 0.909. The first-order valence-electron chi connectivity index (χ1n) is 5.37. The molecule has 1 amide bonds. The highest BCUT2D eigenvalue weighted by molar-refractivity contribution is 5.78. The van der Waals surface area contributed by atoms with Crippen molar-refractivity contribution in [2.75, 3.05) is 6.54 Å². The van der Waals surface area contributed by atoms with Crippen molar-refractivity contribution in [3.63, 3.8) is 0 Å². The molecule has 1 rings (SSSR count). The highest BCUT2D eigenvalue weighted by Crippen LogP contribution is 2.30. The van der Waals surface area contributed by atoms with Crippen molar-refractivity contribution in [3.8, 4) is 0 Å². The average Bonchev–Trinajstić information content (AvgIpc) is 1.94. The number of hydrogen-bond donors (Lipinski definition) is 2. The van der Waals surface area contributed by atoms with Crippen LogP contribution in [0.2, 0.25) is 0 Å². The second kappa shape index (κ2) is 3.89. The lowest BCUT2D eigenvalue weighted by Gasteiger charge is -2.39. The highest BCUT2D eigenvalue weighted by Gasteiger charge is 2.31. The zero-order valence-corrected chi connectivity index (χ0v) is 9.74. The third kappa shape index (κ3) is 3.66. The largest absolute Gasteiger partial charge is 0.350 e. The molecule has 0 bridgehead atoms. The van der Waals surface area contributed by atoms with Gasteiger partial charge in [0, 0.05) is 11.1 Å². The smallest absolute Gasteiger partial charge is 0.234 e. The van der Waals surface area contributed by atoms with Crippen molar-refractivity contribution >= 4 is 5.91 Å². The Hall–Kier alpha value is -0.570. The molecular formula is C11H22N2O. The zero-order valence-electron chi connectivity index (χ0n) is 9.74. The normalized spacial score (nSPS) is 20.0. The molecule has 3 nitrogen and oxygen atoms in total. The van der Waals surface area contributed by atoms with Crippen LogP contribution in [-0.2, 0) is 4.79 Å². The third-order valence-electron chi connectivity index (χ3n) is 2.65. The van der Waals surface area contributed by atoms with Gasteiger partial charge in [-0.15, -0.1) is 0 Å². The van der Waals surface area contributed by atoms with Gasteiger partial charge in [-0.2, -0.15) is 0 Å². The maximum atomic E-state index is 11.5. The maximum absolute atomic E-state index is 11.5. The van der Waals surface area contributed by atoms with E-state index >= 15 is 0 Å². The average molecular weight is 198 g/mol. The van der Waals surface area contributed by atoms with Crippen LogP contribution >= 0.6 is 0 Å². The number of carbonyl (C=O) groups is 1. The van der Waals surface area contributed by atoms with Crippen LogP contribution < -0.4 is 10.6 Å². The Morgan fingerprint density at radius 3 is 2.29 bits per heavy atom. The van der Waals surface area contributed by atoms with Gasteiger partial charge >= 0.3 is 0 Å². The van der Waals surface area contributed by atoms with Crippen molar-refractivity contribution in [1.82, 2.24) is 10.6 Å². The molecule has 0 aromatic heterocycles. The van der Waals surface area contributed by atoms with Crippen molar-refractivity contribution in [2.45, 2.75) is 58.0 Å².